The van der Waals surface area contributed by atoms with Gasteiger partial charge in [-0.3, -0.25) is 4.79 Å². The predicted molar refractivity (Wildman–Crippen MR) is 105 cm³/mol. The number of esters is 1. The standard InChI is InChI=1S/C21H22N2O2S/c1-13-5-7-16(8-6-13)21-22-19(26-23-21)11-17-9-15(3)18(10-14(17)2)12-20(24)25-4/h5-10H,11-12H2,1-4H3. The number of methoxy groups -OCH3 is 1. The molecule has 0 aliphatic heterocycles. The Labute approximate surface area is 158 Å². The molecule has 26 heavy (non-hydrogen) atoms. The van der Waals surface area contributed by atoms with E-state index in [9.17, 15) is 4.79 Å². The number of hydrogen-bond acceptors (Lipinski definition) is 5. The summed E-state index contributed by atoms with van der Waals surface area (Å²) in [5, 5.41) is 0.990. The molecule has 0 saturated carbocycles. The van der Waals surface area contributed by atoms with Crippen molar-refractivity contribution in [2.45, 2.75) is 33.6 Å². The lowest BCUT2D eigenvalue weighted by molar-refractivity contribution is -0.139. The second-order valence-corrected chi connectivity index (χ2v) is 7.35. The Hall–Kier alpha value is -2.53. The number of aryl methyl sites for hydroxylation is 3. The second-order valence-electron chi connectivity index (χ2n) is 6.51. The first-order valence-corrected chi connectivity index (χ1v) is 9.29. The molecule has 0 saturated heterocycles. The van der Waals surface area contributed by atoms with E-state index in [1.54, 1.807) is 0 Å². The van der Waals surface area contributed by atoms with Crippen molar-refractivity contribution >= 4 is 17.5 Å². The van der Waals surface area contributed by atoms with E-state index in [0.717, 1.165) is 39.5 Å². The van der Waals surface area contributed by atoms with Gasteiger partial charge in [0.25, 0.3) is 0 Å². The molecular formula is C21H22N2O2S. The first-order valence-electron chi connectivity index (χ1n) is 8.51. The van der Waals surface area contributed by atoms with Gasteiger partial charge in [0.2, 0.25) is 0 Å². The molecule has 1 heterocycles. The summed E-state index contributed by atoms with van der Waals surface area (Å²) in [4.78, 5) is 16.2. The van der Waals surface area contributed by atoms with Crippen LogP contribution in [0.5, 0.6) is 0 Å². The van der Waals surface area contributed by atoms with Gasteiger partial charge in [-0.05, 0) is 54.6 Å². The van der Waals surface area contributed by atoms with Gasteiger partial charge in [-0.15, -0.1) is 0 Å². The number of hydrogen-bond donors (Lipinski definition) is 0. The molecule has 0 atom stereocenters. The minimum absolute atomic E-state index is 0.216. The molecule has 0 bridgehead atoms. The number of nitrogens with zero attached hydrogens (tertiary/aromatic N) is 2. The van der Waals surface area contributed by atoms with Crippen LogP contribution in [0.15, 0.2) is 36.4 Å². The molecule has 3 aromatic rings. The molecule has 5 heteroatoms. The Morgan fingerprint density at radius 2 is 1.69 bits per heavy atom. The van der Waals surface area contributed by atoms with Crippen LogP contribution in [-0.4, -0.2) is 22.4 Å². The van der Waals surface area contributed by atoms with Crippen LogP contribution in [0.25, 0.3) is 11.4 Å². The zero-order valence-corrected chi connectivity index (χ0v) is 16.3. The van der Waals surface area contributed by atoms with Crippen molar-refractivity contribution in [3.63, 3.8) is 0 Å². The smallest absolute Gasteiger partial charge is 0.309 e. The Morgan fingerprint density at radius 3 is 2.38 bits per heavy atom. The van der Waals surface area contributed by atoms with Crippen molar-refractivity contribution in [1.29, 1.82) is 0 Å². The average molecular weight is 366 g/mol. The van der Waals surface area contributed by atoms with Gasteiger partial charge < -0.3 is 4.74 Å². The third-order valence-electron chi connectivity index (χ3n) is 4.48. The SMILES string of the molecule is COC(=O)Cc1cc(C)c(Cc2nc(-c3ccc(C)cc3)ns2)cc1C. The topological polar surface area (TPSA) is 52.1 Å². The summed E-state index contributed by atoms with van der Waals surface area (Å²) < 4.78 is 9.27. The van der Waals surface area contributed by atoms with Crippen LogP contribution in [0.4, 0.5) is 0 Å². The van der Waals surface area contributed by atoms with Crippen LogP contribution >= 0.6 is 11.5 Å². The maximum Gasteiger partial charge on any atom is 0.309 e. The quantitative estimate of drug-likeness (QED) is 0.627. The van der Waals surface area contributed by atoms with Crippen molar-refractivity contribution in [1.82, 2.24) is 9.36 Å². The van der Waals surface area contributed by atoms with Gasteiger partial charge in [0.15, 0.2) is 5.82 Å². The van der Waals surface area contributed by atoms with Crippen LogP contribution in [-0.2, 0) is 22.4 Å². The van der Waals surface area contributed by atoms with E-state index in [0.29, 0.717) is 6.42 Å². The predicted octanol–water partition coefficient (Wildman–Crippen LogP) is 4.44. The minimum atomic E-state index is -0.216. The van der Waals surface area contributed by atoms with E-state index < -0.39 is 0 Å². The fourth-order valence-electron chi connectivity index (χ4n) is 2.85. The Morgan fingerprint density at radius 1 is 1.04 bits per heavy atom. The maximum atomic E-state index is 11.5. The molecule has 0 aliphatic carbocycles. The molecule has 0 spiro atoms. The molecule has 0 unspecified atom stereocenters. The Balaban J connectivity index is 1.80. The summed E-state index contributed by atoms with van der Waals surface area (Å²) in [7, 11) is 1.42. The first-order chi connectivity index (χ1) is 12.5. The van der Waals surface area contributed by atoms with Gasteiger partial charge in [0.05, 0.1) is 13.5 Å². The highest BCUT2D eigenvalue weighted by Crippen LogP contribution is 2.23. The summed E-state index contributed by atoms with van der Waals surface area (Å²) in [5.74, 6) is 0.564. The van der Waals surface area contributed by atoms with Gasteiger partial charge in [-0.25, -0.2) is 4.98 Å². The van der Waals surface area contributed by atoms with Crippen LogP contribution in [0.2, 0.25) is 0 Å². The highest BCUT2D eigenvalue weighted by atomic mass is 32.1. The van der Waals surface area contributed by atoms with Crippen LogP contribution in [0.1, 0.15) is 32.8 Å². The molecule has 0 amide bonds. The van der Waals surface area contributed by atoms with Crippen molar-refractivity contribution in [2.24, 2.45) is 0 Å². The van der Waals surface area contributed by atoms with Gasteiger partial charge in [-0.1, -0.05) is 42.0 Å². The summed E-state index contributed by atoms with van der Waals surface area (Å²) >= 11 is 1.44. The van der Waals surface area contributed by atoms with Gasteiger partial charge >= 0.3 is 5.97 Å². The summed E-state index contributed by atoms with van der Waals surface area (Å²) in [6.07, 6.45) is 1.05. The number of carbonyl (C=O) groups excluding carboxylic acids is 1. The zero-order valence-electron chi connectivity index (χ0n) is 15.5. The number of aromatic nitrogens is 2. The van der Waals surface area contributed by atoms with Crippen molar-refractivity contribution in [3.05, 3.63) is 69.2 Å². The van der Waals surface area contributed by atoms with Crippen LogP contribution < -0.4 is 0 Å². The van der Waals surface area contributed by atoms with E-state index in [2.05, 4.69) is 54.6 Å². The van der Waals surface area contributed by atoms with E-state index in [-0.39, 0.29) is 5.97 Å². The monoisotopic (exact) mass is 366 g/mol. The van der Waals surface area contributed by atoms with Crippen molar-refractivity contribution in [3.8, 4) is 11.4 Å². The van der Waals surface area contributed by atoms with E-state index in [1.165, 1.54) is 29.8 Å². The minimum Gasteiger partial charge on any atom is -0.469 e. The van der Waals surface area contributed by atoms with E-state index in [1.807, 2.05) is 6.92 Å². The van der Waals surface area contributed by atoms with Gasteiger partial charge in [0.1, 0.15) is 5.01 Å². The summed E-state index contributed by atoms with van der Waals surface area (Å²) in [5.41, 5.74) is 6.74. The van der Waals surface area contributed by atoms with Crippen LogP contribution in [0, 0.1) is 20.8 Å². The molecular weight excluding hydrogens is 344 g/mol. The zero-order chi connectivity index (χ0) is 18.7. The maximum absolute atomic E-state index is 11.5. The molecule has 3 rings (SSSR count). The Kier molecular flexibility index (Phi) is 5.47. The highest BCUT2D eigenvalue weighted by Gasteiger charge is 2.12. The molecule has 2 aromatic carbocycles. The average Bonchev–Trinajstić information content (AvgIpc) is 3.08. The second kappa shape index (κ2) is 7.79. The number of carbonyl (C=O) groups is 1. The van der Waals surface area contributed by atoms with Crippen LogP contribution in [0.3, 0.4) is 0 Å². The third-order valence-corrected chi connectivity index (χ3v) is 5.19. The van der Waals surface area contributed by atoms with Gasteiger partial charge in [-0.2, -0.15) is 4.37 Å². The molecule has 0 N–H and O–H groups in total. The van der Waals surface area contributed by atoms with Crippen molar-refractivity contribution < 1.29 is 9.53 Å². The Bertz CT molecular complexity index is 930. The number of rotatable bonds is 5. The molecule has 0 fully saturated rings. The lowest BCUT2D eigenvalue weighted by Crippen LogP contribution is -2.07. The molecule has 0 radical (unpaired) electrons. The van der Waals surface area contributed by atoms with Gasteiger partial charge in [0, 0.05) is 12.0 Å². The van der Waals surface area contributed by atoms with E-state index >= 15 is 0 Å². The fraction of sp³-hybridized carbons (Fsp3) is 0.286. The summed E-state index contributed by atoms with van der Waals surface area (Å²) in [6, 6.07) is 12.5. The largest absolute Gasteiger partial charge is 0.469 e. The van der Waals surface area contributed by atoms with Crippen molar-refractivity contribution in [2.75, 3.05) is 7.11 Å². The third kappa shape index (κ3) is 4.17. The number of benzene rings is 2. The molecule has 4 nitrogen and oxygen atoms in total. The highest BCUT2D eigenvalue weighted by molar-refractivity contribution is 7.05. The molecule has 0 aliphatic rings. The lowest BCUT2D eigenvalue weighted by atomic mass is 9.96. The van der Waals surface area contributed by atoms with E-state index in [4.69, 9.17) is 9.72 Å². The number of ether oxygens (including phenoxy) is 1. The normalized spacial score (nSPS) is 10.8. The first kappa shape index (κ1) is 18.3. The summed E-state index contributed by atoms with van der Waals surface area (Å²) in [6.45, 7) is 6.16. The lowest BCUT2D eigenvalue weighted by Gasteiger charge is -2.10. The molecule has 134 valence electrons. The molecule has 1 aromatic heterocycles. The fourth-order valence-corrected chi connectivity index (χ4v) is 3.54.